The minimum atomic E-state index is -0.174. The molecule has 0 amide bonds. The van der Waals surface area contributed by atoms with E-state index in [1.54, 1.807) is 25.1 Å². The number of benzene rings is 1. The third-order valence-electron chi connectivity index (χ3n) is 1.60. The number of hydrogen-bond acceptors (Lipinski definition) is 0. The Hall–Kier alpha value is -0.820. The molecule has 0 fully saturated rings. The van der Waals surface area contributed by atoms with Gasteiger partial charge >= 0.3 is 0 Å². The molecule has 0 nitrogen and oxygen atoms in total. The Morgan fingerprint density at radius 1 is 1.50 bits per heavy atom. The fourth-order valence-corrected chi connectivity index (χ4v) is 0.982. The van der Waals surface area contributed by atoms with Gasteiger partial charge in [0.05, 0.1) is 0 Å². The molecule has 1 aromatic rings. The van der Waals surface area contributed by atoms with Gasteiger partial charge in [0.2, 0.25) is 0 Å². The van der Waals surface area contributed by atoms with Crippen LogP contribution in [0, 0.1) is 12.7 Å². The van der Waals surface area contributed by atoms with Gasteiger partial charge in [-0.15, -0.1) is 11.6 Å². The van der Waals surface area contributed by atoms with Crippen molar-refractivity contribution in [2.24, 2.45) is 0 Å². The molecule has 0 aliphatic carbocycles. The summed E-state index contributed by atoms with van der Waals surface area (Å²) in [5.74, 6) is 0.280. The molecular formula is C10H10ClF. The summed E-state index contributed by atoms with van der Waals surface area (Å²) >= 11 is 5.44. The largest absolute Gasteiger partial charge is 0.207 e. The third kappa shape index (κ3) is 2.35. The molecule has 0 bridgehead atoms. The monoisotopic (exact) mass is 184 g/mol. The zero-order valence-electron chi connectivity index (χ0n) is 6.85. The molecule has 0 aromatic heterocycles. The molecule has 0 radical (unpaired) electrons. The second-order valence-corrected chi connectivity index (χ2v) is 2.87. The van der Waals surface area contributed by atoms with Gasteiger partial charge in [0, 0.05) is 5.88 Å². The third-order valence-corrected chi connectivity index (χ3v) is 1.77. The molecule has 0 aliphatic rings. The Balaban J connectivity index is 2.89. The summed E-state index contributed by atoms with van der Waals surface area (Å²) in [5, 5.41) is 0. The van der Waals surface area contributed by atoms with Crippen LogP contribution in [0.15, 0.2) is 24.3 Å². The van der Waals surface area contributed by atoms with Crippen molar-refractivity contribution in [1.29, 1.82) is 0 Å². The number of rotatable bonds is 2. The molecule has 0 spiro atoms. The van der Waals surface area contributed by atoms with Gasteiger partial charge < -0.3 is 0 Å². The number of aryl methyl sites for hydroxylation is 1. The maximum atomic E-state index is 12.9. The van der Waals surface area contributed by atoms with E-state index in [0.717, 1.165) is 5.56 Å². The van der Waals surface area contributed by atoms with Crippen LogP contribution in [0.1, 0.15) is 11.1 Å². The van der Waals surface area contributed by atoms with Crippen LogP contribution in [-0.4, -0.2) is 5.88 Å². The first-order valence-electron chi connectivity index (χ1n) is 3.72. The lowest BCUT2D eigenvalue weighted by Gasteiger charge is -1.96. The molecule has 1 rings (SSSR count). The molecule has 0 N–H and O–H groups in total. The first-order chi connectivity index (χ1) is 5.74. The number of allylic oxidation sites excluding steroid dienone is 1. The van der Waals surface area contributed by atoms with E-state index < -0.39 is 0 Å². The van der Waals surface area contributed by atoms with Crippen molar-refractivity contribution in [3.8, 4) is 0 Å². The van der Waals surface area contributed by atoms with Gasteiger partial charge in [-0.1, -0.05) is 24.3 Å². The average molecular weight is 185 g/mol. The van der Waals surface area contributed by atoms with Crippen LogP contribution in [0.25, 0.3) is 6.08 Å². The van der Waals surface area contributed by atoms with E-state index in [-0.39, 0.29) is 5.82 Å². The highest BCUT2D eigenvalue weighted by Gasteiger charge is 1.95. The first kappa shape index (κ1) is 9.27. The molecule has 0 aliphatic heterocycles. The zero-order chi connectivity index (χ0) is 8.97. The quantitative estimate of drug-likeness (QED) is 0.619. The van der Waals surface area contributed by atoms with Gasteiger partial charge in [-0.25, -0.2) is 4.39 Å². The van der Waals surface area contributed by atoms with E-state index in [1.807, 2.05) is 6.07 Å². The van der Waals surface area contributed by atoms with E-state index in [2.05, 4.69) is 0 Å². The molecule has 0 heterocycles. The Kier molecular flexibility index (Phi) is 3.30. The fourth-order valence-electron chi connectivity index (χ4n) is 0.893. The Morgan fingerprint density at radius 2 is 2.25 bits per heavy atom. The Morgan fingerprint density at radius 3 is 2.83 bits per heavy atom. The van der Waals surface area contributed by atoms with E-state index in [1.165, 1.54) is 6.07 Å². The van der Waals surface area contributed by atoms with Gasteiger partial charge in [0.1, 0.15) is 5.82 Å². The average Bonchev–Trinajstić information content (AvgIpc) is 2.07. The molecule has 64 valence electrons. The number of alkyl halides is 1. The second-order valence-electron chi connectivity index (χ2n) is 2.57. The van der Waals surface area contributed by atoms with Crippen molar-refractivity contribution < 1.29 is 4.39 Å². The predicted molar refractivity (Wildman–Crippen MR) is 50.9 cm³/mol. The molecule has 2 heteroatoms. The minimum absolute atomic E-state index is 0.174. The van der Waals surface area contributed by atoms with Crippen LogP contribution in [-0.2, 0) is 0 Å². The Labute approximate surface area is 76.7 Å². The SMILES string of the molecule is Cc1ccc(C=CCCl)cc1F. The van der Waals surface area contributed by atoms with Crippen LogP contribution in [0.4, 0.5) is 4.39 Å². The van der Waals surface area contributed by atoms with E-state index >= 15 is 0 Å². The summed E-state index contributed by atoms with van der Waals surface area (Å²) in [5.41, 5.74) is 1.51. The lowest BCUT2D eigenvalue weighted by atomic mass is 10.1. The maximum absolute atomic E-state index is 12.9. The van der Waals surface area contributed by atoms with Crippen molar-refractivity contribution >= 4 is 17.7 Å². The Bertz CT molecular complexity index is 292. The van der Waals surface area contributed by atoms with Gasteiger partial charge in [0.15, 0.2) is 0 Å². The van der Waals surface area contributed by atoms with Crippen molar-refractivity contribution in [3.05, 3.63) is 41.2 Å². The van der Waals surface area contributed by atoms with Crippen LogP contribution in [0.2, 0.25) is 0 Å². The van der Waals surface area contributed by atoms with Crippen molar-refractivity contribution in [3.63, 3.8) is 0 Å². The number of hydrogen-bond donors (Lipinski definition) is 0. The lowest BCUT2D eigenvalue weighted by molar-refractivity contribution is 0.618. The molecule has 0 atom stereocenters. The summed E-state index contributed by atoms with van der Waals surface area (Å²) in [6.45, 7) is 1.74. The van der Waals surface area contributed by atoms with Crippen molar-refractivity contribution in [2.45, 2.75) is 6.92 Å². The minimum Gasteiger partial charge on any atom is -0.207 e. The van der Waals surface area contributed by atoms with E-state index in [4.69, 9.17) is 11.6 Å². The lowest BCUT2D eigenvalue weighted by Crippen LogP contribution is -1.82. The van der Waals surface area contributed by atoms with Crippen LogP contribution < -0.4 is 0 Å². The molecular weight excluding hydrogens is 175 g/mol. The summed E-state index contributed by atoms with van der Waals surface area (Å²) in [4.78, 5) is 0. The highest BCUT2D eigenvalue weighted by Crippen LogP contribution is 2.10. The highest BCUT2D eigenvalue weighted by molar-refractivity contribution is 6.19. The van der Waals surface area contributed by atoms with Gasteiger partial charge in [-0.3, -0.25) is 0 Å². The van der Waals surface area contributed by atoms with Crippen molar-refractivity contribution in [2.75, 3.05) is 5.88 Å². The fraction of sp³-hybridized carbons (Fsp3) is 0.200. The van der Waals surface area contributed by atoms with Gasteiger partial charge in [-0.05, 0) is 24.1 Å². The molecule has 12 heavy (non-hydrogen) atoms. The maximum Gasteiger partial charge on any atom is 0.126 e. The first-order valence-corrected chi connectivity index (χ1v) is 4.26. The van der Waals surface area contributed by atoms with Gasteiger partial charge in [0.25, 0.3) is 0 Å². The topological polar surface area (TPSA) is 0 Å². The second kappa shape index (κ2) is 4.27. The molecule has 0 saturated heterocycles. The smallest absolute Gasteiger partial charge is 0.126 e. The summed E-state index contributed by atoms with van der Waals surface area (Å²) in [6, 6.07) is 5.11. The molecule has 0 unspecified atom stereocenters. The molecule has 1 aromatic carbocycles. The van der Waals surface area contributed by atoms with Crippen LogP contribution in [0.5, 0.6) is 0 Å². The number of halogens is 2. The van der Waals surface area contributed by atoms with Crippen molar-refractivity contribution in [1.82, 2.24) is 0 Å². The zero-order valence-corrected chi connectivity index (χ0v) is 7.61. The predicted octanol–water partition coefficient (Wildman–Crippen LogP) is 3.39. The van der Waals surface area contributed by atoms with E-state index in [9.17, 15) is 4.39 Å². The standard InChI is InChI=1S/C10H10ClF/c1-8-4-5-9(3-2-6-11)7-10(8)12/h2-5,7H,6H2,1H3. The summed E-state index contributed by atoms with van der Waals surface area (Å²) in [6.07, 6.45) is 3.58. The van der Waals surface area contributed by atoms with Crippen LogP contribution >= 0.6 is 11.6 Å². The van der Waals surface area contributed by atoms with Gasteiger partial charge in [-0.2, -0.15) is 0 Å². The summed E-state index contributed by atoms with van der Waals surface area (Å²) < 4.78 is 12.9. The van der Waals surface area contributed by atoms with Crippen LogP contribution in [0.3, 0.4) is 0 Å². The summed E-state index contributed by atoms with van der Waals surface area (Å²) in [7, 11) is 0. The normalized spacial score (nSPS) is 10.9. The molecule has 0 saturated carbocycles. The van der Waals surface area contributed by atoms with E-state index in [0.29, 0.717) is 11.4 Å². The highest BCUT2D eigenvalue weighted by atomic mass is 35.5.